The average molecular weight is 266 g/mol. The fourth-order valence-corrected chi connectivity index (χ4v) is 1.87. The van der Waals surface area contributed by atoms with Crippen molar-refractivity contribution >= 4 is 0 Å². The minimum absolute atomic E-state index is 0.0973. The van der Waals surface area contributed by atoms with Gasteiger partial charge in [0.2, 0.25) is 0 Å². The third kappa shape index (κ3) is 4.10. The Morgan fingerprint density at radius 1 is 1.26 bits per heavy atom. The second-order valence-electron chi connectivity index (χ2n) is 4.41. The van der Waals surface area contributed by atoms with Crippen molar-refractivity contribution in [2.45, 2.75) is 25.8 Å². The highest BCUT2D eigenvalue weighted by Gasteiger charge is 2.08. The number of benzene rings is 1. The Labute approximate surface area is 110 Å². The molecule has 6 heteroatoms. The van der Waals surface area contributed by atoms with E-state index in [0.29, 0.717) is 5.56 Å². The average Bonchev–Trinajstić information content (AvgIpc) is 2.86. The fraction of sp³-hybridized carbons (Fsp3) is 0.385. The molecule has 0 amide bonds. The van der Waals surface area contributed by atoms with Gasteiger partial charge < -0.3 is 5.32 Å². The zero-order chi connectivity index (χ0) is 13.7. The van der Waals surface area contributed by atoms with E-state index in [1.807, 2.05) is 6.92 Å². The summed E-state index contributed by atoms with van der Waals surface area (Å²) in [5.74, 6) is -0.262. The van der Waals surface area contributed by atoms with Crippen molar-refractivity contribution in [3.63, 3.8) is 0 Å². The summed E-state index contributed by atoms with van der Waals surface area (Å²) in [6, 6.07) is 3.47. The van der Waals surface area contributed by atoms with Crippen LogP contribution in [-0.4, -0.2) is 21.7 Å². The summed E-state index contributed by atoms with van der Waals surface area (Å²) >= 11 is 0. The van der Waals surface area contributed by atoms with Gasteiger partial charge in [-0.25, -0.2) is 13.8 Å². The van der Waals surface area contributed by atoms with E-state index in [9.17, 15) is 8.78 Å². The first-order valence-corrected chi connectivity index (χ1v) is 6.19. The molecule has 0 aliphatic heterocycles. The monoisotopic (exact) mass is 266 g/mol. The molecule has 0 saturated carbocycles. The summed E-state index contributed by atoms with van der Waals surface area (Å²) in [7, 11) is 0. The molecular weight excluding hydrogens is 250 g/mol. The van der Waals surface area contributed by atoms with Crippen molar-refractivity contribution in [2.24, 2.45) is 0 Å². The van der Waals surface area contributed by atoms with Crippen LogP contribution in [0.3, 0.4) is 0 Å². The molecule has 102 valence electrons. The minimum Gasteiger partial charge on any atom is -0.310 e. The van der Waals surface area contributed by atoms with Crippen LogP contribution in [-0.2, 0) is 6.42 Å². The molecule has 0 spiro atoms. The van der Waals surface area contributed by atoms with E-state index in [-0.39, 0.29) is 6.04 Å². The Kier molecular flexibility index (Phi) is 4.57. The molecule has 0 bridgehead atoms. The van der Waals surface area contributed by atoms with E-state index < -0.39 is 11.6 Å². The van der Waals surface area contributed by atoms with Crippen LogP contribution >= 0.6 is 0 Å². The van der Waals surface area contributed by atoms with Gasteiger partial charge >= 0.3 is 0 Å². The number of nitrogens with one attached hydrogen (secondary N) is 2. The lowest BCUT2D eigenvalue weighted by molar-refractivity contribution is 0.536. The van der Waals surface area contributed by atoms with Crippen LogP contribution in [0, 0.1) is 11.6 Å². The first-order valence-electron chi connectivity index (χ1n) is 6.19. The summed E-state index contributed by atoms with van der Waals surface area (Å²) in [6.45, 7) is 2.61. The highest BCUT2D eigenvalue weighted by molar-refractivity contribution is 5.20. The van der Waals surface area contributed by atoms with Gasteiger partial charge in [-0.3, -0.25) is 5.10 Å². The maximum Gasteiger partial charge on any atom is 0.137 e. The topological polar surface area (TPSA) is 53.6 Å². The predicted molar refractivity (Wildman–Crippen MR) is 67.5 cm³/mol. The van der Waals surface area contributed by atoms with Gasteiger partial charge in [-0.2, -0.15) is 5.10 Å². The van der Waals surface area contributed by atoms with Gasteiger partial charge in [0, 0.05) is 18.5 Å². The van der Waals surface area contributed by atoms with E-state index >= 15 is 0 Å². The molecule has 0 aliphatic rings. The molecule has 1 atom stereocenters. The molecule has 0 radical (unpaired) electrons. The molecule has 4 nitrogen and oxygen atoms in total. The molecule has 0 saturated heterocycles. The molecule has 1 aromatic carbocycles. The summed E-state index contributed by atoms with van der Waals surface area (Å²) < 4.78 is 26.2. The second-order valence-corrected chi connectivity index (χ2v) is 4.41. The number of rotatable bonds is 6. The third-order valence-electron chi connectivity index (χ3n) is 2.89. The SMILES string of the molecule is CC(NCCCc1ncn[nH]1)c1cc(F)cc(F)c1. The van der Waals surface area contributed by atoms with E-state index in [0.717, 1.165) is 31.3 Å². The first-order chi connectivity index (χ1) is 9.15. The van der Waals surface area contributed by atoms with E-state index in [2.05, 4.69) is 20.5 Å². The molecule has 2 rings (SSSR count). The fourth-order valence-electron chi connectivity index (χ4n) is 1.87. The molecule has 1 unspecified atom stereocenters. The van der Waals surface area contributed by atoms with Crippen LogP contribution < -0.4 is 5.32 Å². The number of nitrogens with zero attached hydrogens (tertiary/aromatic N) is 2. The quantitative estimate of drug-likeness (QED) is 0.789. The van der Waals surface area contributed by atoms with Gasteiger partial charge in [-0.15, -0.1) is 0 Å². The number of hydrogen-bond acceptors (Lipinski definition) is 3. The first kappa shape index (κ1) is 13.6. The molecule has 1 aromatic heterocycles. The summed E-state index contributed by atoms with van der Waals surface area (Å²) in [6.07, 6.45) is 3.13. The number of hydrogen-bond donors (Lipinski definition) is 2. The van der Waals surface area contributed by atoms with Crippen molar-refractivity contribution in [3.8, 4) is 0 Å². The summed E-state index contributed by atoms with van der Waals surface area (Å²) in [5.41, 5.74) is 0.608. The highest BCUT2D eigenvalue weighted by atomic mass is 19.1. The van der Waals surface area contributed by atoms with Gasteiger partial charge in [0.15, 0.2) is 0 Å². The van der Waals surface area contributed by atoms with Gasteiger partial charge in [0.25, 0.3) is 0 Å². The smallest absolute Gasteiger partial charge is 0.137 e. The lowest BCUT2D eigenvalue weighted by Gasteiger charge is -2.14. The van der Waals surface area contributed by atoms with Crippen LogP contribution in [0.15, 0.2) is 24.5 Å². The predicted octanol–water partition coefficient (Wildman–Crippen LogP) is 2.37. The van der Waals surface area contributed by atoms with E-state index in [1.54, 1.807) is 0 Å². The van der Waals surface area contributed by atoms with Gasteiger partial charge in [0.05, 0.1) is 0 Å². The Morgan fingerprint density at radius 2 is 2.00 bits per heavy atom. The number of aromatic nitrogens is 3. The van der Waals surface area contributed by atoms with Gasteiger partial charge in [0.1, 0.15) is 23.8 Å². The molecule has 2 aromatic rings. The zero-order valence-corrected chi connectivity index (χ0v) is 10.7. The molecule has 19 heavy (non-hydrogen) atoms. The van der Waals surface area contributed by atoms with Crippen molar-refractivity contribution < 1.29 is 8.78 Å². The van der Waals surface area contributed by atoms with Crippen molar-refractivity contribution in [1.82, 2.24) is 20.5 Å². The number of aryl methyl sites for hydroxylation is 1. The van der Waals surface area contributed by atoms with Crippen molar-refractivity contribution in [3.05, 3.63) is 47.5 Å². The Morgan fingerprint density at radius 3 is 2.63 bits per heavy atom. The maximum absolute atomic E-state index is 13.1. The minimum atomic E-state index is -0.551. The molecule has 2 N–H and O–H groups in total. The molecule has 0 fully saturated rings. The highest BCUT2D eigenvalue weighted by Crippen LogP contribution is 2.15. The zero-order valence-electron chi connectivity index (χ0n) is 10.7. The molecule has 0 aliphatic carbocycles. The van der Waals surface area contributed by atoms with Crippen LogP contribution in [0.2, 0.25) is 0 Å². The molecular formula is C13H16F2N4. The second kappa shape index (κ2) is 6.38. The summed E-state index contributed by atoms with van der Waals surface area (Å²) in [5, 5.41) is 9.77. The number of halogens is 2. The van der Waals surface area contributed by atoms with Crippen LogP contribution in [0.25, 0.3) is 0 Å². The van der Waals surface area contributed by atoms with Gasteiger partial charge in [-0.1, -0.05) is 0 Å². The Balaban J connectivity index is 1.79. The van der Waals surface area contributed by atoms with Crippen LogP contribution in [0.1, 0.15) is 30.8 Å². The van der Waals surface area contributed by atoms with Crippen molar-refractivity contribution in [2.75, 3.05) is 6.54 Å². The normalized spacial score (nSPS) is 12.6. The lowest BCUT2D eigenvalue weighted by Crippen LogP contribution is -2.20. The van der Waals surface area contributed by atoms with Crippen LogP contribution in [0.4, 0.5) is 8.78 Å². The number of H-pyrrole nitrogens is 1. The van der Waals surface area contributed by atoms with E-state index in [1.165, 1.54) is 18.5 Å². The maximum atomic E-state index is 13.1. The van der Waals surface area contributed by atoms with Gasteiger partial charge in [-0.05, 0) is 37.6 Å². The standard InChI is InChI=1S/C13H16F2N4/c1-9(10-5-11(14)7-12(15)6-10)16-4-2-3-13-17-8-18-19-13/h5-9,16H,2-4H2,1H3,(H,17,18,19). The van der Waals surface area contributed by atoms with Crippen LogP contribution in [0.5, 0.6) is 0 Å². The van der Waals surface area contributed by atoms with E-state index in [4.69, 9.17) is 0 Å². The largest absolute Gasteiger partial charge is 0.310 e. The number of aromatic amines is 1. The Bertz CT molecular complexity index is 493. The Hall–Kier alpha value is -1.82. The summed E-state index contributed by atoms with van der Waals surface area (Å²) in [4.78, 5) is 4.02. The van der Waals surface area contributed by atoms with Crippen molar-refractivity contribution in [1.29, 1.82) is 0 Å². The third-order valence-corrected chi connectivity index (χ3v) is 2.89. The molecule has 1 heterocycles. The lowest BCUT2D eigenvalue weighted by atomic mass is 10.1.